The number of ether oxygens (including phenoxy) is 1. The molecule has 150 valence electrons. The van der Waals surface area contributed by atoms with E-state index in [9.17, 15) is 9.59 Å². The number of hydrazone groups is 1. The number of nitrogens with one attached hydrogen (secondary N) is 2. The van der Waals surface area contributed by atoms with E-state index in [-0.39, 0.29) is 32.8 Å². The van der Waals surface area contributed by atoms with E-state index in [1.165, 1.54) is 12.1 Å². The molecule has 1 aliphatic rings. The molecule has 2 heterocycles. The van der Waals surface area contributed by atoms with Crippen molar-refractivity contribution in [1.82, 2.24) is 20.2 Å². The fourth-order valence-corrected chi connectivity index (χ4v) is 3.04. The van der Waals surface area contributed by atoms with Crippen LogP contribution in [0.4, 0.5) is 0 Å². The Labute approximate surface area is 175 Å². The number of aromatic nitrogens is 3. The third-order valence-electron chi connectivity index (χ3n) is 4.09. The van der Waals surface area contributed by atoms with Gasteiger partial charge in [0.05, 0.1) is 22.3 Å². The van der Waals surface area contributed by atoms with Gasteiger partial charge < -0.3 is 10.2 Å². The summed E-state index contributed by atoms with van der Waals surface area (Å²) in [6.45, 7) is 6.81. The number of hydrogen-bond acceptors (Lipinski definition) is 7. The standard InChI is InChI=1S/C18H16Cl2N6O3/c1-18(2,3)9-4-14(24-22-8-9)29-15-11(19)5-10(6-12(15)20)26-17(28)23-16(27)13(7-21)25-26/h4-6,22H,8H2,1-3H3,(H,23,27,28). The molecule has 9 nitrogen and oxygen atoms in total. The van der Waals surface area contributed by atoms with Crippen molar-refractivity contribution >= 4 is 29.1 Å². The predicted octanol–water partition coefficient (Wildman–Crippen LogP) is 2.37. The molecule has 3 rings (SSSR count). The van der Waals surface area contributed by atoms with Gasteiger partial charge >= 0.3 is 5.69 Å². The monoisotopic (exact) mass is 434 g/mol. The molecule has 2 N–H and O–H groups in total. The molecule has 0 saturated carbocycles. The third-order valence-corrected chi connectivity index (χ3v) is 4.65. The highest BCUT2D eigenvalue weighted by molar-refractivity contribution is 6.37. The van der Waals surface area contributed by atoms with Crippen LogP contribution < -0.4 is 21.4 Å². The minimum Gasteiger partial charge on any atom is -0.434 e. The van der Waals surface area contributed by atoms with Gasteiger partial charge in [0, 0.05) is 6.08 Å². The minimum atomic E-state index is -0.879. The zero-order valence-electron chi connectivity index (χ0n) is 15.7. The zero-order valence-corrected chi connectivity index (χ0v) is 17.2. The Balaban J connectivity index is 1.99. The topological polar surface area (TPSA) is 125 Å². The van der Waals surface area contributed by atoms with Crippen molar-refractivity contribution in [3.8, 4) is 17.5 Å². The third kappa shape index (κ3) is 4.34. The van der Waals surface area contributed by atoms with Crippen LogP contribution in [-0.4, -0.2) is 27.2 Å². The van der Waals surface area contributed by atoms with E-state index in [1.54, 1.807) is 6.07 Å². The summed E-state index contributed by atoms with van der Waals surface area (Å²) in [5.74, 6) is 0.422. The van der Waals surface area contributed by atoms with Gasteiger partial charge in [-0.05, 0) is 23.1 Å². The molecule has 1 aromatic carbocycles. The molecule has 29 heavy (non-hydrogen) atoms. The van der Waals surface area contributed by atoms with Crippen molar-refractivity contribution in [2.45, 2.75) is 20.8 Å². The van der Waals surface area contributed by atoms with Crippen LogP contribution in [0.25, 0.3) is 5.69 Å². The molecule has 1 aliphatic heterocycles. The van der Waals surface area contributed by atoms with Crippen molar-refractivity contribution in [2.24, 2.45) is 10.5 Å². The molecule has 11 heteroatoms. The first-order chi connectivity index (χ1) is 13.6. The number of hydrogen-bond donors (Lipinski definition) is 2. The summed E-state index contributed by atoms with van der Waals surface area (Å²) in [5, 5.41) is 17.0. The van der Waals surface area contributed by atoms with Crippen LogP contribution in [0.2, 0.25) is 10.0 Å². The molecular formula is C18H16Cl2N6O3. The van der Waals surface area contributed by atoms with E-state index in [2.05, 4.69) is 36.4 Å². The van der Waals surface area contributed by atoms with Crippen molar-refractivity contribution in [3.63, 3.8) is 0 Å². The number of aromatic amines is 1. The molecule has 0 spiro atoms. The van der Waals surface area contributed by atoms with Gasteiger partial charge in [-0.2, -0.15) is 9.94 Å². The Hall–Kier alpha value is -3.09. The molecule has 0 atom stereocenters. The number of nitriles is 1. The van der Waals surface area contributed by atoms with Crippen LogP contribution in [0.15, 0.2) is 38.5 Å². The molecule has 1 aromatic heterocycles. The smallest absolute Gasteiger partial charge is 0.349 e. The van der Waals surface area contributed by atoms with Crippen molar-refractivity contribution < 1.29 is 4.74 Å². The second-order valence-electron chi connectivity index (χ2n) is 7.18. The number of nitrogens with zero attached hydrogens (tertiary/aromatic N) is 4. The minimum absolute atomic E-state index is 0.0789. The Bertz CT molecular complexity index is 1170. The van der Waals surface area contributed by atoms with E-state index in [0.717, 1.165) is 10.3 Å². The van der Waals surface area contributed by atoms with E-state index in [4.69, 9.17) is 33.2 Å². The molecule has 2 aromatic rings. The van der Waals surface area contributed by atoms with Gasteiger partial charge in [-0.1, -0.05) is 44.0 Å². The Morgan fingerprint density at radius 1 is 1.24 bits per heavy atom. The molecule has 0 radical (unpaired) electrons. The first-order valence-corrected chi connectivity index (χ1v) is 9.18. The Morgan fingerprint density at radius 3 is 2.48 bits per heavy atom. The molecule has 0 aliphatic carbocycles. The van der Waals surface area contributed by atoms with Crippen LogP contribution >= 0.6 is 23.2 Å². The molecule has 0 amide bonds. The zero-order chi connectivity index (χ0) is 21.3. The fourth-order valence-electron chi connectivity index (χ4n) is 2.49. The van der Waals surface area contributed by atoms with Gasteiger partial charge in [0.15, 0.2) is 5.75 Å². The van der Waals surface area contributed by atoms with Crippen LogP contribution in [-0.2, 0) is 0 Å². The Morgan fingerprint density at radius 2 is 1.90 bits per heavy atom. The van der Waals surface area contributed by atoms with Gasteiger partial charge in [-0.25, -0.2) is 4.79 Å². The summed E-state index contributed by atoms with van der Waals surface area (Å²) < 4.78 is 6.57. The summed E-state index contributed by atoms with van der Waals surface area (Å²) in [6, 6.07) is 4.36. The summed E-state index contributed by atoms with van der Waals surface area (Å²) in [6.07, 6.45) is 1.81. The molecular weight excluding hydrogens is 419 g/mol. The number of benzene rings is 1. The van der Waals surface area contributed by atoms with Crippen molar-refractivity contribution in [3.05, 3.63) is 60.4 Å². The average Bonchev–Trinajstić information content (AvgIpc) is 2.64. The van der Waals surface area contributed by atoms with Gasteiger partial charge in [-0.15, -0.1) is 10.2 Å². The Kier molecular flexibility index (Phi) is 5.50. The number of halogens is 2. The van der Waals surface area contributed by atoms with E-state index in [0.29, 0.717) is 6.54 Å². The first kappa shape index (κ1) is 20.6. The van der Waals surface area contributed by atoms with E-state index in [1.807, 2.05) is 11.1 Å². The second-order valence-corrected chi connectivity index (χ2v) is 7.99. The van der Waals surface area contributed by atoms with Gasteiger partial charge in [0.2, 0.25) is 11.6 Å². The molecule has 0 fully saturated rings. The maximum absolute atomic E-state index is 12.0. The van der Waals surface area contributed by atoms with Crippen molar-refractivity contribution in [2.75, 3.05) is 6.54 Å². The summed E-state index contributed by atoms with van der Waals surface area (Å²) in [7, 11) is 0. The lowest BCUT2D eigenvalue weighted by Crippen LogP contribution is -2.33. The lowest BCUT2D eigenvalue weighted by Gasteiger charge is -2.25. The van der Waals surface area contributed by atoms with Crippen LogP contribution in [0.1, 0.15) is 26.5 Å². The highest BCUT2D eigenvalue weighted by atomic mass is 35.5. The lowest BCUT2D eigenvalue weighted by atomic mass is 9.86. The van der Waals surface area contributed by atoms with Crippen LogP contribution in [0.5, 0.6) is 5.75 Å². The predicted molar refractivity (Wildman–Crippen MR) is 109 cm³/mol. The fraction of sp³-hybridized carbons (Fsp3) is 0.278. The second kappa shape index (κ2) is 7.73. The van der Waals surface area contributed by atoms with Crippen LogP contribution in [0, 0.1) is 16.7 Å². The SMILES string of the molecule is CC(C)(C)C1=CC(Oc2c(Cl)cc(-n3nc(C#N)c(=O)[nH]c3=O)cc2Cl)=NNC1. The lowest BCUT2D eigenvalue weighted by molar-refractivity contribution is 0.466. The number of H-pyrrole nitrogens is 1. The molecule has 0 bridgehead atoms. The van der Waals surface area contributed by atoms with E-state index >= 15 is 0 Å². The summed E-state index contributed by atoms with van der Waals surface area (Å²) >= 11 is 12.6. The highest BCUT2D eigenvalue weighted by Crippen LogP contribution is 2.36. The summed E-state index contributed by atoms with van der Waals surface area (Å²) in [5.41, 5.74) is 1.87. The first-order valence-electron chi connectivity index (χ1n) is 8.43. The van der Waals surface area contributed by atoms with Gasteiger partial charge in [0.1, 0.15) is 6.07 Å². The number of rotatable bonds is 2. The van der Waals surface area contributed by atoms with E-state index < -0.39 is 16.9 Å². The normalized spacial score (nSPS) is 13.8. The largest absolute Gasteiger partial charge is 0.434 e. The van der Waals surface area contributed by atoms with Gasteiger partial charge in [0.25, 0.3) is 5.56 Å². The maximum Gasteiger partial charge on any atom is 0.349 e. The quantitative estimate of drug-likeness (QED) is 0.746. The average molecular weight is 435 g/mol. The molecule has 0 saturated heterocycles. The molecule has 0 unspecified atom stereocenters. The van der Waals surface area contributed by atoms with Crippen LogP contribution in [0.3, 0.4) is 0 Å². The maximum atomic E-state index is 12.0. The van der Waals surface area contributed by atoms with Crippen molar-refractivity contribution in [1.29, 1.82) is 5.26 Å². The summed E-state index contributed by atoms with van der Waals surface area (Å²) in [4.78, 5) is 25.6. The van der Waals surface area contributed by atoms with Gasteiger partial charge in [-0.3, -0.25) is 9.78 Å². The highest BCUT2D eigenvalue weighted by Gasteiger charge is 2.22.